The number of nitrogens with two attached hydrogens (primary N) is 1. The lowest BCUT2D eigenvalue weighted by Crippen LogP contribution is -2.10. The van der Waals surface area contributed by atoms with E-state index < -0.39 is 22.7 Å². The molecule has 0 unspecified atom stereocenters. The molecule has 0 saturated heterocycles. The van der Waals surface area contributed by atoms with E-state index in [0.29, 0.717) is 6.54 Å². The Morgan fingerprint density at radius 2 is 2.21 bits per heavy atom. The van der Waals surface area contributed by atoms with Crippen LogP contribution in [0.1, 0.15) is 20.9 Å². The Balaban J connectivity index is 0.000000218. The first-order valence-corrected chi connectivity index (χ1v) is 6.15. The predicted molar refractivity (Wildman–Crippen MR) is 66.0 cm³/mol. The first-order valence-electron chi connectivity index (χ1n) is 4.89. The molecular weight excluding hydrogens is 303 g/mol. The summed E-state index contributed by atoms with van der Waals surface area (Å²) < 4.78 is 35.9. The number of thiophene rings is 1. The Labute approximate surface area is 115 Å². The van der Waals surface area contributed by atoms with Gasteiger partial charge < -0.3 is 5.73 Å². The number of carbonyl (C=O) groups is 1. The zero-order valence-corrected chi connectivity index (χ0v) is 10.9. The standard InChI is InChI=1S/C5H2ClF3N2O.C5H7NS/c6-4(12)2-1-10-11-3(2)5(7,8)9;6-4-5-2-1-3-7-5/h1H,(H,10,11);1-3H,4,6H2. The van der Waals surface area contributed by atoms with E-state index in [-0.39, 0.29) is 0 Å². The molecule has 0 aliphatic carbocycles. The molecule has 0 fully saturated rings. The molecule has 19 heavy (non-hydrogen) atoms. The smallest absolute Gasteiger partial charge is 0.326 e. The number of hydrogen-bond acceptors (Lipinski definition) is 4. The van der Waals surface area contributed by atoms with Crippen LogP contribution in [0.4, 0.5) is 13.2 Å². The highest BCUT2D eigenvalue weighted by Crippen LogP contribution is 2.30. The van der Waals surface area contributed by atoms with Crippen LogP contribution in [0, 0.1) is 0 Å². The average Bonchev–Trinajstić information content (AvgIpc) is 3.00. The molecule has 4 nitrogen and oxygen atoms in total. The summed E-state index contributed by atoms with van der Waals surface area (Å²) in [7, 11) is 0. The third kappa shape index (κ3) is 4.66. The minimum absolute atomic E-state index is 0.663. The number of H-pyrrole nitrogens is 1. The van der Waals surface area contributed by atoms with E-state index in [1.54, 1.807) is 16.4 Å². The first kappa shape index (κ1) is 15.7. The van der Waals surface area contributed by atoms with Crippen molar-refractivity contribution in [2.75, 3.05) is 0 Å². The second kappa shape index (κ2) is 6.69. The van der Waals surface area contributed by atoms with Gasteiger partial charge in [0.15, 0.2) is 5.69 Å². The lowest BCUT2D eigenvalue weighted by molar-refractivity contribution is -0.141. The Morgan fingerprint density at radius 1 is 1.53 bits per heavy atom. The molecule has 104 valence electrons. The van der Waals surface area contributed by atoms with Crippen LogP contribution in [0.25, 0.3) is 0 Å². The van der Waals surface area contributed by atoms with Gasteiger partial charge >= 0.3 is 6.18 Å². The molecule has 9 heteroatoms. The summed E-state index contributed by atoms with van der Waals surface area (Å²) in [5, 5.41) is 5.55. The summed E-state index contributed by atoms with van der Waals surface area (Å²) in [6.45, 7) is 0.678. The maximum atomic E-state index is 12.0. The fraction of sp³-hybridized carbons (Fsp3) is 0.200. The molecule has 3 N–H and O–H groups in total. The van der Waals surface area contributed by atoms with Crippen LogP contribution in [0.2, 0.25) is 0 Å². The number of nitrogens with zero attached hydrogens (tertiary/aromatic N) is 1. The molecule has 0 atom stereocenters. The van der Waals surface area contributed by atoms with Crippen molar-refractivity contribution in [3.8, 4) is 0 Å². The minimum Gasteiger partial charge on any atom is -0.326 e. The number of aromatic amines is 1. The number of carbonyl (C=O) groups excluding carboxylic acids is 1. The Morgan fingerprint density at radius 3 is 2.53 bits per heavy atom. The molecule has 0 radical (unpaired) electrons. The third-order valence-corrected chi connectivity index (χ3v) is 3.02. The van der Waals surface area contributed by atoms with E-state index in [0.717, 1.165) is 6.20 Å². The van der Waals surface area contributed by atoms with Crippen LogP contribution < -0.4 is 5.73 Å². The number of alkyl halides is 3. The summed E-state index contributed by atoms with van der Waals surface area (Å²) in [6, 6.07) is 4.04. The van der Waals surface area contributed by atoms with Crippen molar-refractivity contribution in [3.63, 3.8) is 0 Å². The van der Waals surface area contributed by atoms with Gasteiger partial charge in [0, 0.05) is 11.4 Å². The zero-order chi connectivity index (χ0) is 14.5. The third-order valence-electron chi connectivity index (χ3n) is 1.92. The van der Waals surface area contributed by atoms with Crippen molar-refractivity contribution >= 4 is 28.2 Å². The van der Waals surface area contributed by atoms with E-state index in [4.69, 9.17) is 17.3 Å². The molecule has 0 spiro atoms. The Hall–Kier alpha value is -1.38. The van der Waals surface area contributed by atoms with Gasteiger partial charge in [0.2, 0.25) is 0 Å². The van der Waals surface area contributed by atoms with Crippen molar-refractivity contribution in [2.45, 2.75) is 12.7 Å². The molecule has 0 bridgehead atoms. The van der Waals surface area contributed by atoms with Crippen LogP contribution >= 0.6 is 22.9 Å². The quantitative estimate of drug-likeness (QED) is 0.837. The van der Waals surface area contributed by atoms with Crippen molar-refractivity contribution < 1.29 is 18.0 Å². The molecule has 0 aliphatic rings. The molecule has 0 aliphatic heterocycles. The van der Waals surface area contributed by atoms with E-state index >= 15 is 0 Å². The number of hydrogen-bond donors (Lipinski definition) is 2. The second-order valence-electron chi connectivity index (χ2n) is 3.21. The van der Waals surface area contributed by atoms with Gasteiger partial charge in [-0.1, -0.05) is 6.07 Å². The first-order chi connectivity index (χ1) is 8.86. The molecule has 0 amide bonds. The van der Waals surface area contributed by atoms with Crippen molar-refractivity contribution in [1.82, 2.24) is 10.2 Å². The van der Waals surface area contributed by atoms with Crippen LogP contribution in [-0.2, 0) is 12.7 Å². The minimum atomic E-state index is -4.63. The van der Waals surface area contributed by atoms with Crippen molar-refractivity contribution in [1.29, 1.82) is 0 Å². The number of rotatable bonds is 2. The van der Waals surface area contributed by atoms with Crippen LogP contribution in [0.3, 0.4) is 0 Å². The van der Waals surface area contributed by atoms with Gasteiger partial charge in [0.25, 0.3) is 5.24 Å². The Kier molecular flexibility index (Phi) is 5.52. The molecule has 2 aromatic rings. The molecule has 0 aromatic carbocycles. The maximum Gasteiger partial charge on any atom is 0.433 e. The maximum absolute atomic E-state index is 12.0. The highest BCUT2D eigenvalue weighted by Gasteiger charge is 2.37. The summed E-state index contributed by atoms with van der Waals surface area (Å²) in [6.07, 6.45) is -3.89. The van der Waals surface area contributed by atoms with Gasteiger partial charge in [-0.25, -0.2) is 0 Å². The molecular formula is C10H9ClF3N3OS. The topological polar surface area (TPSA) is 71.8 Å². The van der Waals surface area contributed by atoms with Crippen molar-refractivity contribution in [3.05, 3.63) is 39.8 Å². The SMILES string of the molecule is NCc1cccs1.O=C(Cl)c1cn[nH]c1C(F)(F)F. The zero-order valence-electron chi connectivity index (χ0n) is 9.37. The van der Waals surface area contributed by atoms with Gasteiger partial charge in [-0.05, 0) is 23.0 Å². The average molecular weight is 312 g/mol. The van der Waals surface area contributed by atoms with Crippen molar-refractivity contribution in [2.24, 2.45) is 5.73 Å². The summed E-state index contributed by atoms with van der Waals surface area (Å²) >= 11 is 6.55. The fourth-order valence-corrected chi connectivity index (χ4v) is 1.81. The van der Waals surface area contributed by atoms with Crippen LogP contribution in [0.5, 0.6) is 0 Å². The van der Waals surface area contributed by atoms with Crippen LogP contribution in [-0.4, -0.2) is 15.4 Å². The molecule has 2 rings (SSSR count). The van der Waals surface area contributed by atoms with E-state index in [2.05, 4.69) is 5.10 Å². The lowest BCUT2D eigenvalue weighted by Gasteiger charge is -2.02. The van der Waals surface area contributed by atoms with E-state index in [1.165, 1.54) is 4.88 Å². The summed E-state index contributed by atoms with van der Waals surface area (Å²) in [5.41, 5.74) is 3.42. The summed E-state index contributed by atoms with van der Waals surface area (Å²) in [5.74, 6) is 0. The van der Waals surface area contributed by atoms with Gasteiger partial charge in [0.05, 0.1) is 11.8 Å². The molecule has 2 heterocycles. The monoisotopic (exact) mass is 311 g/mol. The summed E-state index contributed by atoms with van der Waals surface area (Å²) in [4.78, 5) is 11.6. The largest absolute Gasteiger partial charge is 0.433 e. The Bertz CT molecular complexity index is 524. The van der Waals surface area contributed by atoms with Gasteiger partial charge in [-0.2, -0.15) is 18.3 Å². The van der Waals surface area contributed by atoms with Gasteiger partial charge in [-0.15, -0.1) is 11.3 Å². The van der Waals surface area contributed by atoms with E-state index in [9.17, 15) is 18.0 Å². The highest BCUT2D eigenvalue weighted by molar-refractivity contribution is 7.09. The number of halogens is 4. The fourth-order valence-electron chi connectivity index (χ4n) is 1.08. The normalized spacial score (nSPS) is 10.8. The van der Waals surface area contributed by atoms with Crippen LogP contribution in [0.15, 0.2) is 23.7 Å². The second-order valence-corrected chi connectivity index (χ2v) is 4.59. The number of aromatic nitrogens is 2. The lowest BCUT2D eigenvalue weighted by atomic mass is 10.3. The molecule has 0 saturated carbocycles. The molecule has 2 aromatic heterocycles. The predicted octanol–water partition coefficient (Wildman–Crippen LogP) is 3.01. The highest BCUT2D eigenvalue weighted by atomic mass is 35.5. The van der Waals surface area contributed by atoms with Gasteiger partial charge in [-0.3, -0.25) is 9.89 Å². The van der Waals surface area contributed by atoms with Gasteiger partial charge in [0.1, 0.15) is 0 Å². The number of nitrogens with one attached hydrogen (secondary N) is 1. The van der Waals surface area contributed by atoms with E-state index in [1.807, 2.05) is 17.5 Å².